The molecule has 0 bridgehead atoms. The lowest BCUT2D eigenvalue weighted by molar-refractivity contribution is -0.119. The second kappa shape index (κ2) is 8.42. The van der Waals surface area contributed by atoms with E-state index >= 15 is 0 Å². The molecule has 6 heteroatoms. The topological polar surface area (TPSA) is 67.4 Å². The van der Waals surface area contributed by atoms with Crippen molar-refractivity contribution in [1.82, 2.24) is 5.32 Å². The number of nitrogens with one attached hydrogen (secondary N) is 2. The van der Waals surface area contributed by atoms with Crippen LogP contribution in [0.4, 0.5) is 5.69 Å². The van der Waals surface area contributed by atoms with Crippen LogP contribution in [0.2, 0.25) is 0 Å². The van der Waals surface area contributed by atoms with Crippen molar-refractivity contribution in [3.63, 3.8) is 0 Å². The highest BCUT2D eigenvalue weighted by Crippen LogP contribution is 2.19. The fourth-order valence-corrected chi connectivity index (χ4v) is 2.99. The predicted octanol–water partition coefficient (Wildman–Crippen LogP) is 3.68. The van der Waals surface area contributed by atoms with Crippen LogP contribution in [0.15, 0.2) is 66.7 Å². The van der Waals surface area contributed by atoms with E-state index in [1.165, 1.54) is 7.11 Å². The molecule has 0 unspecified atom stereocenters. The number of hydrogen-bond donors (Lipinski definition) is 2. The SMILES string of the molecule is COC(=O)c1ccc(NC(=S)NC(=O)Cc2cccc3ccccc23)cc1. The maximum absolute atomic E-state index is 12.3. The van der Waals surface area contributed by atoms with Crippen molar-refractivity contribution in [3.05, 3.63) is 77.9 Å². The lowest BCUT2D eigenvalue weighted by atomic mass is 10.0. The van der Waals surface area contributed by atoms with Crippen LogP contribution >= 0.6 is 12.2 Å². The Hall–Kier alpha value is -3.25. The summed E-state index contributed by atoms with van der Waals surface area (Å²) in [6, 6.07) is 20.4. The molecule has 0 saturated heterocycles. The number of carbonyl (C=O) groups excluding carboxylic acids is 2. The van der Waals surface area contributed by atoms with E-state index in [-0.39, 0.29) is 17.4 Å². The molecule has 0 heterocycles. The average molecular weight is 378 g/mol. The molecule has 1 amide bonds. The van der Waals surface area contributed by atoms with Crippen molar-refractivity contribution >= 4 is 45.7 Å². The summed E-state index contributed by atoms with van der Waals surface area (Å²) in [5, 5.41) is 7.95. The van der Waals surface area contributed by atoms with Crippen molar-refractivity contribution in [3.8, 4) is 0 Å². The molecular weight excluding hydrogens is 360 g/mol. The minimum Gasteiger partial charge on any atom is -0.465 e. The van der Waals surface area contributed by atoms with Gasteiger partial charge in [0.2, 0.25) is 5.91 Å². The molecule has 5 nitrogen and oxygen atoms in total. The molecule has 0 aliphatic rings. The number of hydrogen-bond acceptors (Lipinski definition) is 4. The largest absolute Gasteiger partial charge is 0.465 e. The fraction of sp³-hybridized carbons (Fsp3) is 0.0952. The summed E-state index contributed by atoms with van der Waals surface area (Å²) in [5.41, 5.74) is 2.04. The number of benzene rings is 3. The minimum atomic E-state index is -0.410. The summed E-state index contributed by atoms with van der Waals surface area (Å²) < 4.78 is 4.65. The van der Waals surface area contributed by atoms with Crippen LogP contribution < -0.4 is 10.6 Å². The van der Waals surface area contributed by atoms with E-state index in [4.69, 9.17) is 12.2 Å². The van der Waals surface area contributed by atoms with Gasteiger partial charge in [-0.1, -0.05) is 42.5 Å². The Morgan fingerprint density at radius 2 is 1.67 bits per heavy atom. The van der Waals surface area contributed by atoms with Gasteiger partial charge >= 0.3 is 5.97 Å². The van der Waals surface area contributed by atoms with E-state index in [1.807, 2.05) is 42.5 Å². The predicted molar refractivity (Wildman–Crippen MR) is 110 cm³/mol. The van der Waals surface area contributed by atoms with Gasteiger partial charge in [0.1, 0.15) is 0 Å². The smallest absolute Gasteiger partial charge is 0.337 e. The Morgan fingerprint density at radius 3 is 2.41 bits per heavy atom. The number of thiocarbonyl (C=S) groups is 1. The zero-order valence-electron chi connectivity index (χ0n) is 14.7. The molecular formula is C21H18N2O3S. The molecule has 0 spiro atoms. The van der Waals surface area contributed by atoms with Gasteiger partial charge < -0.3 is 15.4 Å². The van der Waals surface area contributed by atoms with Crippen LogP contribution in [-0.2, 0) is 16.0 Å². The molecule has 136 valence electrons. The summed E-state index contributed by atoms with van der Waals surface area (Å²) in [5.74, 6) is -0.609. The van der Waals surface area contributed by atoms with Crippen LogP contribution in [0.5, 0.6) is 0 Å². The number of amides is 1. The van der Waals surface area contributed by atoms with Crippen molar-refractivity contribution in [2.75, 3.05) is 12.4 Å². The van der Waals surface area contributed by atoms with E-state index in [0.717, 1.165) is 16.3 Å². The maximum Gasteiger partial charge on any atom is 0.337 e. The van der Waals surface area contributed by atoms with Gasteiger partial charge in [-0.05, 0) is 52.8 Å². The number of anilines is 1. The molecule has 0 aliphatic heterocycles. The van der Waals surface area contributed by atoms with E-state index in [2.05, 4.69) is 15.4 Å². The van der Waals surface area contributed by atoms with E-state index < -0.39 is 5.97 Å². The van der Waals surface area contributed by atoms with Crippen molar-refractivity contribution < 1.29 is 14.3 Å². The zero-order chi connectivity index (χ0) is 19.2. The summed E-state index contributed by atoms with van der Waals surface area (Å²) in [7, 11) is 1.33. The van der Waals surface area contributed by atoms with Gasteiger partial charge in [-0.2, -0.15) is 0 Å². The van der Waals surface area contributed by atoms with Crippen LogP contribution in [-0.4, -0.2) is 24.1 Å². The molecule has 27 heavy (non-hydrogen) atoms. The van der Waals surface area contributed by atoms with Crippen LogP contribution in [0, 0.1) is 0 Å². The third kappa shape index (κ3) is 4.68. The lowest BCUT2D eigenvalue weighted by Gasteiger charge is -2.11. The lowest BCUT2D eigenvalue weighted by Crippen LogP contribution is -2.35. The number of rotatable bonds is 4. The summed E-state index contributed by atoms with van der Waals surface area (Å²) in [6.45, 7) is 0. The molecule has 3 aromatic carbocycles. The van der Waals surface area contributed by atoms with Crippen molar-refractivity contribution in [2.45, 2.75) is 6.42 Å². The van der Waals surface area contributed by atoms with Gasteiger partial charge in [-0.3, -0.25) is 4.79 Å². The Labute approximate surface area is 162 Å². The zero-order valence-corrected chi connectivity index (χ0v) is 15.5. The van der Waals surface area contributed by atoms with Gasteiger partial charge in [0, 0.05) is 5.69 Å². The first-order chi connectivity index (χ1) is 13.1. The molecule has 0 aromatic heterocycles. The van der Waals surface area contributed by atoms with Gasteiger partial charge in [-0.25, -0.2) is 4.79 Å². The van der Waals surface area contributed by atoms with Gasteiger partial charge in [-0.15, -0.1) is 0 Å². The Bertz CT molecular complexity index is 994. The third-order valence-corrected chi connectivity index (χ3v) is 4.25. The molecule has 0 saturated carbocycles. The molecule has 3 rings (SSSR count). The highest BCUT2D eigenvalue weighted by molar-refractivity contribution is 7.80. The molecule has 0 aliphatic carbocycles. The summed E-state index contributed by atoms with van der Waals surface area (Å²) >= 11 is 5.20. The number of carbonyl (C=O) groups is 2. The van der Waals surface area contributed by atoms with Gasteiger partial charge in [0.15, 0.2) is 5.11 Å². The first kappa shape index (κ1) is 18.5. The Balaban J connectivity index is 1.60. The monoisotopic (exact) mass is 378 g/mol. The standard InChI is InChI=1S/C21H18N2O3S/c1-26-20(25)15-9-11-17(12-10-15)22-21(27)23-19(24)13-16-7-4-6-14-5-2-3-8-18(14)16/h2-12H,13H2,1H3,(H2,22,23,24,27). The van der Waals surface area contributed by atoms with Crippen LogP contribution in [0.1, 0.15) is 15.9 Å². The molecule has 3 aromatic rings. The second-order valence-corrected chi connectivity index (χ2v) is 6.29. The highest BCUT2D eigenvalue weighted by atomic mass is 32.1. The number of ether oxygens (including phenoxy) is 1. The number of fused-ring (bicyclic) bond motifs is 1. The number of esters is 1. The van der Waals surface area contributed by atoms with Gasteiger partial charge in [0.25, 0.3) is 0 Å². The Morgan fingerprint density at radius 1 is 0.963 bits per heavy atom. The maximum atomic E-state index is 12.3. The second-order valence-electron chi connectivity index (χ2n) is 5.89. The first-order valence-electron chi connectivity index (χ1n) is 8.32. The Kier molecular flexibility index (Phi) is 5.78. The summed E-state index contributed by atoms with van der Waals surface area (Å²) in [4.78, 5) is 23.8. The first-order valence-corrected chi connectivity index (χ1v) is 8.73. The third-order valence-electron chi connectivity index (χ3n) is 4.05. The normalized spacial score (nSPS) is 10.3. The van der Waals surface area contributed by atoms with Crippen molar-refractivity contribution in [1.29, 1.82) is 0 Å². The molecule has 0 fully saturated rings. The fourth-order valence-electron chi connectivity index (χ4n) is 2.76. The highest BCUT2D eigenvalue weighted by Gasteiger charge is 2.09. The molecule has 0 radical (unpaired) electrons. The molecule has 0 atom stereocenters. The van der Waals surface area contributed by atoms with Crippen LogP contribution in [0.25, 0.3) is 10.8 Å². The van der Waals surface area contributed by atoms with Gasteiger partial charge in [0.05, 0.1) is 19.1 Å². The van der Waals surface area contributed by atoms with Crippen LogP contribution in [0.3, 0.4) is 0 Å². The van der Waals surface area contributed by atoms with E-state index in [9.17, 15) is 9.59 Å². The summed E-state index contributed by atoms with van der Waals surface area (Å²) in [6.07, 6.45) is 0.227. The van der Waals surface area contributed by atoms with Crippen molar-refractivity contribution in [2.24, 2.45) is 0 Å². The van der Waals surface area contributed by atoms with E-state index in [1.54, 1.807) is 24.3 Å². The number of methoxy groups -OCH3 is 1. The van der Waals surface area contributed by atoms with E-state index in [0.29, 0.717) is 11.3 Å². The average Bonchev–Trinajstić information content (AvgIpc) is 2.68. The quantitative estimate of drug-likeness (QED) is 0.535. The minimum absolute atomic E-state index is 0.199. The molecule has 2 N–H and O–H groups in total.